The second-order valence-electron chi connectivity index (χ2n) is 13.9. The van der Waals surface area contributed by atoms with E-state index in [1.165, 1.54) is 6.33 Å². The normalized spacial score (nSPS) is 13.6. The molecule has 3 aromatic carbocycles. The maximum atomic E-state index is 13.5. The van der Waals surface area contributed by atoms with Gasteiger partial charge in [-0.25, -0.2) is 19.6 Å². The molecule has 4 heterocycles. The van der Waals surface area contributed by atoms with E-state index in [0.717, 1.165) is 56.0 Å². The lowest BCUT2D eigenvalue weighted by Gasteiger charge is -2.33. The van der Waals surface area contributed by atoms with Gasteiger partial charge in [0.25, 0.3) is 5.56 Å². The quantitative estimate of drug-likeness (QED) is 0.126. The number of hydrogen-bond acceptors (Lipinski definition) is 10. The molecule has 282 valence electrons. The third-order valence-corrected chi connectivity index (χ3v) is 10.4. The fraction of sp³-hybridized carbons (Fsp3) is 0.317. The van der Waals surface area contributed by atoms with Gasteiger partial charge in [-0.2, -0.15) is 5.10 Å². The zero-order valence-electron chi connectivity index (χ0n) is 30.9. The van der Waals surface area contributed by atoms with Crippen LogP contribution in [0.4, 0.5) is 5.82 Å². The van der Waals surface area contributed by atoms with Crippen molar-refractivity contribution in [2.45, 2.75) is 32.2 Å². The van der Waals surface area contributed by atoms with E-state index in [1.807, 2.05) is 42.3 Å². The van der Waals surface area contributed by atoms with Crippen LogP contribution in [0.3, 0.4) is 0 Å². The molecule has 0 bridgehead atoms. The molecule has 0 atom stereocenters. The number of H-pyrrole nitrogens is 1. The number of rotatable bonds is 11. The third kappa shape index (κ3) is 8.62. The number of nitrogens with one attached hydrogen (secondary N) is 1. The molecule has 1 amide bonds. The molecular formula is C41H43ClN10O3. The largest absolute Gasteiger partial charge is 0.508 e. The number of likely N-dealkylation sites (N-methyl/N-ethyl adjacent to an activating group) is 2. The van der Waals surface area contributed by atoms with Gasteiger partial charge in [0.05, 0.1) is 22.8 Å². The van der Waals surface area contributed by atoms with E-state index in [1.54, 1.807) is 35.0 Å². The van der Waals surface area contributed by atoms with Crippen LogP contribution in [0.5, 0.6) is 5.75 Å². The molecule has 0 spiro atoms. The number of halogens is 1. The number of nitrogen functional groups attached to an aromatic ring is 1. The molecular weight excluding hydrogens is 716 g/mol. The molecule has 0 radical (unpaired) electrons. The Labute approximate surface area is 323 Å². The molecule has 55 heavy (non-hydrogen) atoms. The second kappa shape index (κ2) is 16.7. The van der Waals surface area contributed by atoms with Gasteiger partial charge in [-0.05, 0) is 67.1 Å². The molecule has 0 aliphatic carbocycles. The van der Waals surface area contributed by atoms with Gasteiger partial charge in [-0.3, -0.25) is 14.5 Å². The number of amides is 1. The van der Waals surface area contributed by atoms with E-state index >= 15 is 0 Å². The fourth-order valence-corrected chi connectivity index (χ4v) is 7.08. The summed E-state index contributed by atoms with van der Waals surface area (Å²) in [5.41, 5.74) is 10.6. The average molecular weight is 759 g/mol. The van der Waals surface area contributed by atoms with Crippen molar-refractivity contribution < 1.29 is 9.90 Å². The fourth-order valence-electron chi connectivity index (χ4n) is 6.83. The number of nitrogens with two attached hydrogens (primary N) is 1. The van der Waals surface area contributed by atoms with Crippen molar-refractivity contribution in [3.63, 3.8) is 0 Å². The highest BCUT2D eigenvalue weighted by atomic mass is 35.5. The van der Waals surface area contributed by atoms with Crippen LogP contribution in [0.2, 0.25) is 5.02 Å². The molecule has 1 fully saturated rings. The van der Waals surface area contributed by atoms with Crippen molar-refractivity contribution >= 4 is 45.3 Å². The summed E-state index contributed by atoms with van der Waals surface area (Å²) in [6.07, 6.45) is 3.30. The predicted octanol–water partition coefficient (Wildman–Crippen LogP) is 4.54. The van der Waals surface area contributed by atoms with Crippen LogP contribution in [-0.2, 0) is 17.8 Å². The molecule has 1 aliphatic rings. The number of aromatic amines is 1. The number of nitrogens with zero attached hydrogens (tertiary/aromatic N) is 8. The molecule has 4 N–H and O–H groups in total. The lowest BCUT2D eigenvalue weighted by molar-refractivity contribution is -0.130. The number of aromatic nitrogens is 6. The number of aromatic hydroxyl groups is 1. The van der Waals surface area contributed by atoms with E-state index in [9.17, 15) is 14.7 Å². The SMILES string of the molecule is CN1CCN(CCN(C)C(=O)CCCC#Cc2cccc3nc(Cc4cccc(Cl)c4Cn4nc(-c5ccc(O)cc5)c5c(N)ncnc54)[nH]c(=O)c23)CC1. The van der Waals surface area contributed by atoms with Crippen LogP contribution in [0.15, 0.2) is 71.8 Å². The summed E-state index contributed by atoms with van der Waals surface area (Å²) in [7, 11) is 4.00. The Bertz CT molecular complexity index is 2460. The molecule has 13 nitrogen and oxygen atoms in total. The van der Waals surface area contributed by atoms with Crippen LogP contribution >= 0.6 is 11.6 Å². The average Bonchev–Trinajstić information content (AvgIpc) is 3.55. The Morgan fingerprint density at radius 2 is 1.82 bits per heavy atom. The highest BCUT2D eigenvalue weighted by Crippen LogP contribution is 2.32. The number of piperazine rings is 1. The summed E-state index contributed by atoms with van der Waals surface area (Å²) in [4.78, 5) is 49.3. The Morgan fingerprint density at radius 3 is 2.62 bits per heavy atom. The van der Waals surface area contributed by atoms with Crippen LogP contribution in [0.1, 0.15) is 41.8 Å². The minimum atomic E-state index is -0.283. The Hall–Kier alpha value is -5.81. The number of phenolic OH excluding ortho intramolecular Hbond substituents is 1. The number of phenols is 1. The van der Waals surface area contributed by atoms with E-state index in [2.05, 4.69) is 43.6 Å². The first-order valence-corrected chi connectivity index (χ1v) is 18.7. The maximum Gasteiger partial charge on any atom is 0.260 e. The van der Waals surface area contributed by atoms with Crippen molar-refractivity contribution in [2.24, 2.45) is 0 Å². The molecule has 0 saturated carbocycles. The molecule has 7 rings (SSSR count). The van der Waals surface area contributed by atoms with Gasteiger partial charge < -0.3 is 25.6 Å². The monoisotopic (exact) mass is 758 g/mol. The smallest absolute Gasteiger partial charge is 0.260 e. The lowest BCUT2D eigenvalue weighted by Crippen LogP contribution is -2.47. The van der Waals surface area contributed by atoms with Gasteiger partial charge in [0.2, 0.25) is 5.91 Å². The summed E-state index contributed by atoms with van der Waals surface area (Å²) in [6.45, 7) is 6.06. The standard InChI is InChI=1S/C41H43ClN10O3/c1-49-18-21-51(22-19-49)23-20-50(2)35(54)13-5-3-4-8-27-9-7-12-33-36(27)41(55)47-34(46-33)24-29-10-6-11-32(42)31(29)25-52-40-37(39(43)44-26-45-40)38(48-52)28-14-16-30(53)17-15-28/h6-7,9-12,14-17,26,53H,3,5,13,18-25H2,1-2H3,(H2,43,44,45)(H,46,47,55). The Morgan fingerprint density at radius 1 is 1.04 bits per heavy atom. The van der Waals surface area contributed by atoms with Crippen molar-refractivity contribution in [3.05, 3.63) is 105 Å². The summed E-state index contributed by atoms with van der Waals surface area (Å²) < 4.78 is 1.73. The first-order valence-electron chi connectivity index (χ1n) is 18.3. The minimum Gasteiger partial charge on any atom is -0.508 e. The van der Waals surface area contributed by atoms with Crippen LogP contribution < -0.4 is 11.3 Å². The van der Waals surface area contributed by atoms with Crippen LogP contribution in [0, 0.1) is 11.8 Å². The van der Waals surface area contributed by atoms with Gasteiger partial charge in [-0.1, -0.05) is 41.6 Å². The van der Waals surface area contributed by atoms with Gasteiger partial charge in [0, 0.05) is 81.7 Å². The topological polar surface area (TPSA) is 162 Å². The number of fused-ring (bicyclic) bond motifs is 2. The predicted molar refractivity (Wildman–Crippen MR) is 215 cm³/mol. The van der Waals surface area contributed by atoms with Crippen molar-refractivity contribution in [2.75, 3.05) is 59.1 Å². The molecule has 3 aromatic heterocycles. The summed E-state index contributed by atoms with van der Waals surface area (Å²) in [5, 5.41) is 16.2. The van der Waals surface area contributed by atoms with Crippen LogP contribution in [-0.4, -0.2) is 109 Å². The second-order valence-corrected chi connectivity index (χ2v) is 14.3. The Balaban J connectivity index is 1.04. The van der Waals surface area contributed by atoms with Crippen molar-refractivity contribution in [1.82, 2.24) is 44.4 Å². The first-order chi connectivity index (χ1) is 26.6. The number of anilines is 1. The Kier molecular flexibility index (Phi) is 11.4. The first kappa shape index (κ1) is 37.5. The van der Waals surface area contributed by atoms with Gasteiger partial charge in [-0.15, -0.1) is 0 Å². The summed E-state index contributed by atoms with van der Waals surface area (Å²) >= 11 is 6.81. The maximum absolute atomic E-state index is 13.5. The number of benzene rings is 3. The third-order valence-electron chi connectivity index (χ3n) is 10.1. The number of hydrogen-bond donors (Lipinski definition) is 3. The molecule has 14 heteroatoms. The number of carbonyl (C=O) groups excluding carboxylic acids is 1. The van der Waals surface area contributed by atoms with Crippen molar-refractivity contribution in [3.8, 4) is 28.8 Å². The summed E-state index contributed by atoms with van der Waals surface area (Å²) in [6, 6.07) is 17.8. The number of carbonyl (C=O) groups is 1. The van der Waals surface area contributed by atoms with Gasteiger partial charge in [0.1, 0.15) is 29.4 Å². The molecule has 1 aliphatic heterocycles. The van der Waals surface area contributed by atoms with Gasteiger partial charge in [0.15, 0.2) is 5.65 Å². The molecule has 0 unspecified atom stereocenters. The lowest BCUT2D eigenvalue weighted by atomic mass is 10.0. The zero-order valence-corrected chi connectivity index (χ0v) is 31.7. The highest BCUT2D eigenvalue weighted by molar-refractivity contribution is 6.31. The number of unbranched alkanes of at least 4 members (excludes halogenated alkanes) is 1. The van der Waals surface area contributed by atoms with E-state index in [4.69, 9.17) is 27.4 Å². The van der Waals surface area contributed by atoms with E-state index < -0.39 is 0 Å². The van der Waals surface area contributed by atoms with Crippen LogP contribution in [0.25, 0.3) is 33.2 Å². The van der Waals surface area contributed by atoms with E-state index in [0.29, 0.717) is 69.7 Å². The zero-order chi connectivity index (χ0) is 38.5. The van der Waals surface area contributed by atoms with Crippen molar-refractivity contribution in [1.29, 1.82) is 0 Å². The van der Waals surface area contributed by atoms with Gasteiger partial charge >= 0.3 is 0 Å². The molecule has 1 saturated heterocycles. The summed E-state index contributed by atoms with van der Waals surface area (Å²) in [5.74, 6) is 7.32. The highest BCUT2D eigenvalue weighted by Gasteiger charge is 2.20. The molecule has 6 aromatic rings. The minimum absolute atomic E-state index is 0.118. The van der Waals surface area contributed by atoms with E-state index in [-0.39, 0.29) is 29.6 Å².